The number of aromatic nitrogens is 5. The van der Waals surface area contributed by atoms with Crippen molar-refractivity contribution in [1.82, 2.24) is 29.6 Å². The van der Waals surface area contributed by atoms with Crippen LogP contribution in [0.15, 0.2) is 55.1 Å². The Morgan fingerprint density at radius 3 is 2.51 bits per heavy atom. The molecular weight excluding hydrogens is 541 g/mol. The van der Waals surface area contributed by atoms with Gasteiger partial charge in [0, 0.05) is 42.8 Å². The van der Waals surface area contributed by atoms with Crippen molar-refractivity contribution in [2.24, 2.45) is 0 Å². The maximum absolute atomic E-state index is 13.5. The zero-order chi connectivity index (χ0) is 29.6. The van der Waals surface area contributed by atoms with Crippen molar-refractivity contribution in [3.63, 3.8) is 0 Å². The molecule has 0 saturated heterocycles. The highest BCUT2D eigenvalue weighted by atomic mass is 19.4. The molecule has 2 heterocycles. The van der Waals surface area contributed by atoms with E-state index >= 15 is 0 Å². The van der Waals surface area contributed by atoms with E-state index < -0.39 is 17.8 Å². The van der Waals surface area contributed by atoms with Crippen molar-refractivity contribution in [2.45, 2.75) is 13.1 Å². The number of halogens is 3. The lowest BCUT2D eigenvalue weighted by Gasteiger charge is -2.16. The SMILES string of the molecule is CNc1cc(-n2ncnc2Nc2cc(NC(=O)Nc3cc(OCCN(C)C)cc(C(F)(F)F)c3)ccc2C)ncn1. The van der Waals surface area contributed by atoms with Gasteiger partial charge >= 0.3 is 12.2 Å². The molecule has 216 valence electrons. The van der Waals surface area contributed by atoms with Crippen molar-refractivity contribution in [1.29, 1.82) is 0 Å². The minimum absolute atomic E-state index is 0.00608. The predicted octanol–water partition coefficient (Wildman–Crippen LogP) is 4.75. The lowest BCUT2D eigenvalue weighted by molar-refractivity contribution is -0.137. The first-order valence-corrected chi connectivity index (χ1v) is 12.4. The number of carbonyl (C=O) groups is 1. The first kappa shape index (κ1) is 29.1. The monoisotopic (exact) mass is 570 g/mol. The summed E-state index contributed by atoms with van der Waals surface area (Å²) in [4.78, 5) is 27.2. The average molecular weight is 571 g/mol. The average Bonchev–Trinajstić information content (AvgIpc) is 3.38. The standard InChI is InChI=1S/C26H29F3N10O2/c1-16-5-6-18(12-21(16)37-24-33-15-34-39(24)23-13-22(30-2)31-14-32-23)35-25(40)36-19-9-17(26(27,28)29)10-20(11-19)41-8-7-38(3)4/h5-6,9-15H,7-8H2,1-4H3,(H,30,31,32)(H,33,34,37)(H2,35,36,40). The van der Waals surface area contributed by atoms with E-state index in [0.29, 0.717) is 35.5 Å². The zero-order valence-electron chi connectivity index (χ0n) is 22.7. The van der Waals surface area contributed by atoms with Gasteiger partial charge in [0.05, 0.1) is 5.56 Å². The molecule has 41 heavy (non-hydrogen) atoms. The van der Waals surface area contributed by atoms with E-state index in [4.69, 9.17) is 4.74 Å². The molecule has 4 rings (SSSR count). The summed E-state index contributed by atoms with van der Waals surface area (Å²) in [7, 11) is 5.38. The molecule has 0 fully saturated rings. The molecule has 2 amide bonds. The summed E-state index contributed by atoms with van der Waals surface area (Å²) >= 11 is 0. The number of benzene rings is 2. The van der Waals surface area contributed by atoms with E-state index in [-0.39, 0.29) is 18.0 Å². The molecule has 0 spiro atoms. The first-order chi connectivity index (χ1) is 19.5. The van der Waals surface area contributed by atoms with Crippen LogP contribution in [-0.4, -0.2) is 70.0 Å². The smallest absolute Gasteiger partial charge is 0.416 e. The number of anilines is 5. The van der Waals surface area contributed by atoms with Crippen LogP contribution in [0.1, 0.15) is 11.1 Å². The van der Waals surface area contributed by atoms with Gasteiger partial charge in [-0.1, -0.05) is 6.07 Å². The third-order valence-electron chi connectivity index (χ3n) is 5.71. The second-order valence-electron chi connectivity index (χ2n) is 9.14. The highest BCUT2D eigenvalue weighted by Gasteiger charge is 2.31. The maximum atomic E-state index is 13.5. The number of hydrogen-bond acceptors (Lipinski definition) is 9. The van der Waals surface area contributed by atoms with Gasteiger partial charge < -0.3 is 30.9 Å². The van der Waals surface area contributed by atoms with Crippen LogP contribution in [0.4, 0.5) is 46.8 Å². The van der Waals surface area contributed by atoms with Gasteiger partial charge in [0.1, 0.15) is 30.8 Å². The van der Waals surface area contributed by atoms with Crippen LogP contribution in [0.3, 0.4) is 0 Å². The fraction of sp³-hybridized carbons (Fsp3) is 0.269. The Bertz CT molecular complexity index is 1510. The number of likely N-dealkylation sites (N-methyl/N-ethyl adjacent to an activating group) is 1. The Labute approximate surface area is 234 Å². The van der Waals surface area contributed by atoms with Crippen LogP contribution in [-0.2, 0) is 6.18 Å². The van der Waals surface area contributed by atoms with Gasteiger partial charge in [-0.25, -0.2) is 14.8 Å². The van der Waals surface area contributed by atoms with E-state index in [1.165, 1.54) is 23.4 Å². The predicted molar refractivity (Wildman–Crippen MR) is 149 cm³/mol. The summed E-state index contributed by atoms with van der Waals surface area (Å²) in [6.07, 6.45) is -1.86. The van der Waals surface area contributed by atoms with Crippen LogP contribution >= 0.6 is 0 Å². The molecule has 4 N–H and O–H groups in total. The van der Waals surface area contributed by atoms with Crippen molar-refractivity contribution in [2.75, 3.05) is 55.6 Å². The van der Waals surface area contributed by atoms with E-state index in [1.807, 2.05) is 25.9 Å². The minimum Gasteiger partial charge on any atom is -0.492 e. The van der Waals surface area contributed by atoms with Crippen molar-refractivity contribution >= 4 is 34.9 Å². The number of ether oxygens (including phenoxy) is 1. The Kier molecular flexibility index (Phi) is 8.87. The molecule has 0 unspecified atom stereocenters. The Hall–Kier alpha value is -4.92. The van der Waals surface area contributed by atoms with Gasteiger partial charge in [0.2, 0.25) is 5.95 Å². The van der Waals surface area contributed by atoms with Crippen molar-refractivity contribution in [3.05, 3.63) is 66.2 Å². The molecular formula is C26H29F3N10O2. The van der Waals surface area contributed by atoms with Gasteiger partial charge in [0.25, 0.3) is 0 Å². The van der Waals surface area contributed by atoms with Gasteiger partial charge in [-0.2, -0.15) is 27.9 Å². The second kappa shape index (κ2) is 12.5. The normalized spacial score (nSPS) is 11.3. The molecule has 4 aromatic rings. The number of carbonyl (C=O) groups excluding carboxylic acids is 1. The van der Waals surface area contributed by atoms with Crippen molar-refractivity contribution in [3.8, 4) is 11.6 Å². The topological polar surface area (TPSA) is 134 Å². The van der Waals surface area contributed by atoms with E-state index in [0.717, 1.165) is 17.7 Å². The Morgan fingerprint density at radius 1 is 1.00 bits per heavy atom. The Balaban J connectivity index is 1.49. The van der Waals surface area contributed by atoms with Crippen LogP contribution < -0.4 is 26.0 Å². The number of alkyl halides is 3. The molecule has 15 heteroatoms. The third-order valence-corrected chi connectivity index (χ3v) is 5.71. The molecule has 0 bridgehead atoms. The van der Waals surface area contributed by atoms with Gasteiger partial charge in [0.15, 0.2) is 5.82 Å². The fourth-order valence-electron chi connectivity index (χ4n) is 3.61. The minimum atomic E-state index is -4.62. The largest absolute Gasteiger partial charge is 0.492 e. The third kappa shape index (κ3) is 7.82. The molecule has 0 saturated carbocycles. The molecule has 0 atom stereocenters. The number of rotatable bonds is 10. The quantitative estimate of drug-likeness (QED) is 0.213. The van der Waals surface area contributed by atoms with E-state index in [9.17, 15) is 18.0 Å². The second-order valence-corrected chi connectivity index (χ2v) is 9.14. The maximum Gasteiger partial charge on any atom is 0.416 e. The molecule has 2 aromatic heterocycles. The summed E-state index contributed by atoms with van der Waals surface area (Å²) in [5, 5.41) is 15.4. The molecule has 0 radical (unpaired) electrons. The summed E-state index contributed by atoms with van der Waals surface area (Å²) in [6, 6.07) is 9.14. The fourth-order valence-corrected chi connectivity index (χ4v) is 3.61. The molecule has 0 aliphatic carbocycles. The van der Waals surface area contributed by atoms with Gasteiger partial charge in [-0.3, -0.25) is 0 Å². The van der Waals surface area contributed by atoms with Crippen LogP contribution in [0.25, 0.3) is 5.82 Å². The highest BCUT2D eigenvalue weighted by Crippen LogP contribution is 2.34. The van der Waals surface area contributed by atoms with Crippen LogP contribution in [0, 0.1) is 6.92 Å². The van der Waals surface area contributed by atoms with Crippen LogP contribution in [0.2, 0.25) is 0 Å². The van der Waals surface area contributed by atoms with E-state index in [2.05, 4.69) is 41.3 Å². The molecule has 2 aromatic carbocycles. The lowest BCUT2D eigenvalue weighted by atomic mass is 10.1. The van der Waals surface area contributed by atoms with Gasteiger partial charge in [-0.05, 0) is 50.8 Å². The number of nitrogens with zero attached hydrogens (tertiary/aromatic N) is 6. The van der Waals surface area contributed by atoms with Crippen LogP contribution in [0.5, 0.6) is 5.75 Å². The zero-order valence-corrected chi connectivity index (χ0v) is 22.7. The number of urea groups is 1. The molecule has 12 nitrogen and oxygen atoms in total. The lowest BCUT2D eigenvalue weighted by Crippen LogP contribution is -2.21. The summed E-state index contributed by atoms with van der Waals surface area (Å²) < 4.78 is 47.4. The molecule has 0 aliphatic rings. The number of aryl methyl sites for hydroxylation is 1. The molecule has 0 aliphatic heterocycles. The highest BCUT2D eigenvalue weighted by molar-refractivity contribution is 6.00. The number of hydrogen-bond donors (Lipinski definition) is 4. The Morgan fingerprint density at radius 2 is 1.78 bits per heavy atom. The first-order valence-electron chi connectivity index (χ1n) is 12.4. The van der Waals surface area contributed by atoms with Crippen molar-refractivity contribution < 1.29 is 22.7 Å². The van der Waals surface area contributed by atoms with Gasteiger partial charge in [-0.15, -0.1) is 0 Å². The summed E-state index contributed by atoms with van der Waals surface area (Å²) in [5.74, 6) is 1.43. The summed E-state index contributed by atoms with van der Waals surface area (Å²) in [6.45, 7) is 2.55. The number of amides is 2. The number of nitrogens with one attached hydrogen (secondary N) is 4. The van der Waals surface area contributed by atoms with E-state index in [1.54, 1.807) is 31.3 Å². The summed E-state index contributed by atoms with van der Waals surface area (Å²) in [5.41, 5.74) is 0.820.